The summed E-state index contributed by atoms with van der Waals surface area (Å²) in [5, 5.41) is 2.03. The molecule has 0 bridgehead atoms. The van der Waals surface area contributed by atoms with Crippen molar-refractivity contribution in [2.75, 3.05) is 6.54 Å². The Morgan fingerprint density at radius 1 is 1.29 bits per heavy atom. The van der Waals surface area contributed by atoms with E-state index in [9.17, 15) is 8.78 Å². The van der Waals surface area contributed by atoms with Gasteiger partial charge in [0.05, 0.1) is 12.1 Å². The summed E-state index contributed by atoms with van der Waals surface area (Å²) < 4.78 is 33.9. The molecule has 0 N–H and O–H groups in total. The second kappa shape index (κ2) is 7.36. The lowest BCUT2D eigenvalue weighted by Gasteiger charge is -2.27. The molecule has 1 unspecified atom stereocenters. The Kier molecular flexibility index (Phi) is 5.76. The lowest BCUT2D eigenvalue weighted by atomic mass is 10.2. The van der Waals surface area contributed by atoms with Gasteiger partial charge in [-0.25, -0.2) is 13.1 Å². The smallest absolute Gasteiger partial charge is 0.254 e. The van der Waals surface area contributed by atoms with E-state index in [1.165, 1.54) is 0 Å². The van der Waals surface area contributed by atoms with E-state index < -0.39 is 12.5 Å². The van der Waals surface area contributed by atoms with Crippen molar-refractivity contribution in [2.24, 2.45) is 0 Å². The second-order valence-electron chi connectivity index (χ2n) is 5.37. The van der Waals surface area contributed by atoms with Crippen LogP contribution in [-0.4, -0.2) is 34.8 Å². The van der Waals surface area contributed by atoms with Gasteiger partial charge in [-0.15, -0.1) is 0 Å². The van der Waals surface area contributed by atoms with Gasteiger partial charge in [-0.05, 0) is 63.2 Å². The molecule has 2 nitrogen and oxygen atoms in total. The molecule has 21 heavy (non-hydrogen) atoms. The first kappa shape index (κ1) is 16.4. The SMILES string of the molecule is C/C=S(\c1ccc(OC(C)C)cc1)N1CCC[C@@H]1C(F)F. The van der Waals surface area contributed by atoms with Crippen molar-refractivity contribution >= 4 is 16.0 Å². The first-order valence-electron chi connectivity index (χ1n) is 7.37. The zero-order chi connectivity index (χ0) is 15.4. The van der Waals surface area contributed by atoms with Crippen LogP contribution in [0.2, 0.25) is 0 Å². The van der Waals surface area contributed by atoms with Gasteiger partial charge in [0.25, 0.3) is 6.43 Å². The lowest BCUT2D eigenvalue weighted by Crippen LogP contribution is -2.31. The van der Waals surface area contributed by atoms with Crippen molar-refractivity contribution in [3.05, 3.63) is 24.3 Å². The standard InChI is InChI=1S/C16H23F2NOS/c1-4-21(19-11-5-6-15(19)16(17)18)14-9-7-13(8-10-14)20-12(2)3/h4,7-10,12,15-16H,5-6,11H2,1-3H3/t15-,21?/m1/s1. The highest BCUT2D eigenvalue weighted by Crippen LogP contribution is 2.39. The van der Waals surface area contributed by atoms with Crippen LogP contribution < -0.4 is 4.74 Å². The molecule has 0 radical (unpaired) electrons. The number of benzene rings is 1. The number of hydrogen-bond donors (Lipinski definition) is 0. The summed E-state index contributed by atoms with van der Waals surface area (Å²) in [5.41, 5.74) is 0. The molecule has 118 valence electrons. The fourth-order valence-corrected chi connectivity index (χ4v) is 4.64. The van der Waals surface area contributed by atoms with Crippen LogP contribution in [0.1, 0.15) is 33.6 Å². The van der Waals surface area contributed by atoms with Gasteiger partial charge in [0, 0.05) is 11.4 Å². The summed E-state index contributed by atoms with van der Waals surface area (Å²) in [7, 11) is -0.369. The van der Waals surface area contributed by atoms with Gasteiger partial charge in [-0.3, -0.25) is 0 Å². The molecule has 1 aromatic rings. The first-order valence-corrected chi connectivity index (χ1v) is 8.61. The van der Waals surface area contributed by atoms with E-state index in [1.807, 2.05) is 54.7 Å². The predicted molar refractivity (Wildman–Crippen MR) is 85.5 cm³/mol. The Hall–Kier alpha value is -0.940. The molecule has 1 fully saturated rings. The van der Waals surface area contributed by atoms with Crippen LogP contribution in [0.15, 0.2) is 29.2 Å². The van der Waals surface area contributed by atoms with Crippen molar-refractivity contribution in [1.82, 2.24) is 4.31 Å². The molecule has 0 aromatic heterocycles. The highest BCUT2D eigenvalue weighted by molar-refractivity contribution is 8.13. The fourth-order valence-electron chi connectivity index (χ4n) is 2.60. The summed E-state index contributed by atoms with van der Waals surface area (Å²) in [6.07, 6.45) is -0.704. The van der Waals surface area contributed by atoms with Gasteiger partial charge in [0.1, 0.15) is 5.75 Å². The molecule has 0 amide bonds. The van der Waals surface area contributed by atoms with E-state index in [1.54, 1.807) is 0 Å². The van der Waals surface area contributed by atoms with Crippen molar-refractivity contribution in [3.63, 3.8) is 0 Å². The second-order valence-corrected chi connectivity index (χ2v) is 7.41. The van der Waals surface area contributed by atoms with E-state index in [0.29, 0.717) is 6.42 Å². The molecular weight excluding hydrogens is 292 g/mol. The largest absolute Gasteiger partial charge is 0.491 e. The minimum absolute atomic E-state index is 0.133. The maximum atomic E-state index is 13.1. The molecule has 1 aliphatic rings. The van der Waals surface area contributed by atoms with Crippen LogP contribution in [0.4, 0.5) is 8.78 Å². The molecule has 1 aliphatic heterocycles. The summed E-state index contributed by atoms with van der Waals surface area (Å²) in [5.74, 6) is 0.820. The molecular formula is C16H23F2NOS. The Morgan fingerprint density at radius 3 is 2.48 bits per heavy atom. The average Bonchev–Trinajstić information content (AvgIpc) is 2.90. The number of nitrogens with zero attached hydrogens (tertiary/aromatic N) is 1. The highest BCUT2D eigenvalue weighted by Gasteiger charge is 2.33. The van der Waals surface area contributed by atoms with Crippen LogP contribution >= 0.6 is 10.7 Å². The molecule has 1 heterocycles. The van der Waals surface area contributed by atoms with Gasteiger partial charge >= 0.3 is 0 Å². The van der Waals surface area contributed by atoms with Gasteiger partial charge in [0.15, 0.2) is 0 Å². The first-order chi connectivity index (χ1) is 10.0. The molecule has 1 aromatic carbocycles. The third kappa shape index (κ3) is 4.04. The zero-order valence-corrected chi connectivity index (χ0v) is 13.6. The van der Waals surface area contributed by atoms with Gasteiger partial charge < -0.3 is 4.74 Å². The van der Waals surface area contributed by atoms with Gasteiger partial charge in [-0.1, -0.05) is 10.7 Å². The van der Waals surface area contributed by atoms with Crippen molar-refractivity contribution < 1.29 is 13.5 Å². The Bertz CT molecular complexity index is 488. The Labute approximate surface area is 128 Å². The molecule has 1 saturated heterocycles. The summed E-state index contributed by atoms with van der Waals surface area (Å²) in [6, 6.07) is 7.21. The predicted octanol–water partition coefficient (Wildman–Crippen LogP) is 4.57. The van der Waals surface area contributed by atoms with Crippen LogP contribution in [0, 0.1) is 0 Å². The fraction of sp³-hybridized carbons (Fsp3) is 0.562. The van der Waals surface area contributed by atoms with E-state index in [2.05, 4.69) is 0 Å². The minimum atomic E-state index is -2.27. The molecule has 0 spiro atoms. The maximum absolute atomic E-state index is 13.1. The van der Waals surface area contributed by atoms with E-state index in [0.717, 1.165) is 23.6 Å². The average molecular weight is 315 g/mol. The zero-order valence-electron chi connectivity index (χ0n) is 12.8. The van der Waals surface area contributed by atoms with E-state index in [-0.39, 0.29) is 16.8 Å². The van der Waals surface area contributed by atoms with Crippen LogP contribution in [-0.2, 0) is 0 Å². The maximum Gasteiger partial charge on any atom is 0.254 e. The lowest BCUT2D eigenvalue weighted by molar-refractivity contribution is 0.0819. The third-order valence-electron chi connectivity index (χ3n) is 3.45. The monoisotopic (exact) mass is 315 g/mol. The van der Waals surface area contributed by atoms with Gasteiger partial charge in [0.2, 0.25) is 0 Å². The Balaban J connectivity index is 2.18. The van der Waals surface area contributed by atoms with Gasteiger partial charge in [-0.2, -0.15) is 0 Å². The summed E-state index contributed by atoms with van der Waals surface area (Å²) in [4.78, 5) is 1.07. The number of halogens is 2. The normalized spacial score (nSPS) is 21.4. The molecule has 5 heteroatoms. The number of ether oxygens (including phenoxy) is 1. The number of rotatable bonds is 5. The van der Waals surface area contributed by atoms with Crippen LogP contribution in [0.5, 0.6) is 5.75 Å². The minimum Gasteiger partial charge on any atom is -0.491 e. The van der Waals surface area contributed by atoms with Crippen LogP contribution in [0.25, 0.3) is 0 Å². The molecule has 0 aliphatic carbocycles. The van der Waals surface area contributed by atoms with Crippen molar-refractivity contribution in [3.8, 4) is 5.75 Å². The van der Waals surface area contributed by atoms with E-state index >= 15 is 0 Å². The van der Waals surface area contributed by atoms with Crippen LogP contribution in [0.3, 0.4) is 0 Å². The topological polar surface area (TPSA) is 12.5 Å². The van der Waals surface area contributed by atoms with Crippen molar-refractivity contribution in [2.45, 2.75) is 57.1 Å². The van der Waals surface area contributed by atoms with Crippen molar-refractivity contribution in [1.29, 1.82) is 0 Å². The van der Waals surface area contributed by atoms with E-state index in [4.69, 9.17) is 4.74 Å². The quantitative estimate of drug-likeness (QED) is 0.738. The molecule has 2 rings (SSSR count). The summed E-state index contributed by atoms with van der Waals surface area (Å²) in [6.45, 7) is 6.65. The number of alkyl halides is 2. The third-order valence-corrected chi connectivity index (χ3v) is 5.61. The Morgan fingerprint density at radius 2 is 1.95 bits per heavy atom. The molecule has 2 atom stereocenters. The number of hydrogen-bond acceptors (Lipinski definition) is 2. The summed E-state index contributed by atoms with van der Waals surface area (Å²) >= 11 is 0. The molecule has 0 saturated carbocycles. The highest BCUT2D eigenvalue weighted by atomic mass is 32.2.